The molecule has 0 aliphatic rings. The van der Waals surface area contributed by atoms with Crippen molar-refractivity contribution in [2.75, 3.05) is 0 Å². The second-order valence-electron chi connectivity index (χ2n) is 6.00. The molecule has 1 N–H and O–H groups in total. The lowest BCUT2D eigenvalue weighted by atomic mass is 9.86. The zero-order valence-electron chi connectivity index (χ0n) is 13.5. The minimum atomic E-state index is -5.97. The van der Waals surface area contributed by atoms with E-state index in [-0.39, 0.29) is 0 Å². The molecule has 0 aliphatic carbocycles. The quantitative estimate of drug-likeness (QED) is 0.553. The highest BCUT2D eigenvalue weighted by Crippen LogP contribution is 2.49. The Morgan fingerprint density at radius 2 is 1.08 bits per heavy atom. The van der Waals surface area contributed by atoms with Gasteiger partial charge in [-0.3, -0.25) is 4.55 Å². The Labute approximate surface area is 139 Å². The smallest absolute Gasteiger partial charge is 0.282 e. The van der Waals surface area contributed by atoms with Crippen molar-refractivity contribution in [1.82, 2.24) is 0 Å². The number of hydrogen-bond donors (Lipinski definition) is 1. The Hall–Kier alpha value is -1.36. The van der Waals surface area contributed by atoms with Crippen LogP contribution in [0.4, 0.5) is 30.7 Å². The van der Waals surface area contributed by atoms with Gasteiger partial charge in [-0.05, 0) is 11.8 Å². The number of rotatable bonds is 3. The molecule has 1 rings (SSSR count). The van der Waals surface area contributed by atoms with E-state index in [0.29, 0.717) is 0 Å². The summed E-state index contributed by atoms with van der Waals surface area (Å²) in [5, 5.41) is 0. The molecule has 0 radical (unpaired) electrons. The predicted molar refractivity (Wildman–Crippen MR) is 74.4 cm³/mol. The molecule has 11 heteroatoms. The molecular weight excluding hydrogens is 381 g/mol. The van der Waals surface area contributed by atoms with Crippen molar-refractivity contribution in [2.24, 2.45) is 0 Å². The molecule has 0 aliphatic heterocycles. The van der Waals surface area contributed by atoms with Crippen LogP contribution in [0.25, 0.3) is 0 Å². The Balaban J connectivity index is 4.48. The fraction of sp³-hybridized carbons (Fsp3) is 0.571. The van der Waals surface area contributed by atoms with Gasteiger partial charge in [-0.2, -0.15) is 34.8 Å². The van der Waals surface area contributed by atoms with Crippen LogP contribution in [0.15, 0.2) is 4.90 Å². The van der Waals surface area contributed by atoms with Gasteiger partial charge in [0.1, 0.15) is 10.7 Å². The van der Waals surface area contributed by atoms with Crippen LogP contribution in [0.2, 0.25) is 0 Å². The van der Waals surface area contributed by atoms with Crippen molar-refractivity contribution in [1.29, 1.82) is 0 Å². The molecule has 144 valence electrons. The molecule has 0 fully saturated rings. The van der Waals surface area contributed by atoms with Gasteiger partial charge in [0.15, 0.2) is 0 Å². The van der Waals surface area contributed by atoms with Gasteiger partial charge in [0.05, 0.1) is 11.1 Å². The van der Waals surface area contributed by atoms with Crippen LogP contribution in [0.3, 0.4) is 0 Å². The molecule has 1 aromatic rings. The number of halogens is 7. The highest BCUT2D eigenvalue weighted by atomic mass is 32.2. The van der Waals surface area contributed by atoms with Gasteiger partial charge in [-0.1, -0.05) is 27.7 Å². The van der Waals surface area contributed by atoms with Crippen LogP contribution in [-0.4, -0.2) is 13.0 Å². The van der Waals surface area contributed by atoms with Gasteiger partial charge in [0.25, 0.3) is 10.1 Å². The first-order valence-corrected chi connectivity index (χ1v) is 8.37. The molecule has 0 unspecified atom stereocenters. The van der Waals surface area contributed by atoms with Crippen molar-refractivity contribution in [2.45, 2.75) is 56.8 Å². The highest BCUT2D eigenvalue weighted by Gasteiger charge is 2.50. The van der Waals surface area contributed by atoms with Gasteiger partial charge < -0.3 is 0 Å². The number of benzene rings is 1. The standard InChI is InChI=1S/C14H15F7O3S/c1-5(2)7-9(13(16,17)18)12(25(22,23)24)10(14(19,20)21)8(6(3)4)11(7)15/h5-6H,1-4H3,(H,22,23,24). The Morgan fingerprint density at radius 3 is 1.24 bits per heavy atom. The third kappa shape index (κ3) is 4.08. The van der Waals surface area contributed by atoms with Crippen molar-refractivity contribution in [3.05, 3.63) is 28.1 Å². The van der Waals surface area contributed by atoms with E-state index in [2.05, 4.69) is 0 Å². The van der Waals surface area contributed by atoms with Crippen LogP contribution in [-0.2, 0) is 22.5 Å². The van der Waals surface area contributed by atoms with Crippen molar-refractivity contribution >= 4 is 10.1 Å². The lowest BCUT2D eigenvalue weighted by Crippen LogP contribution is -2.26. The van der Waals surface area contributed by atoms with Crippen molar-refractivity contribution in [3.8, 4) is 0 Å². The van der Waals surface area contributed by atoms with Crippen molar-refractivity contribution < 1.29 is 43.7 Å². The first-order valence-electron chi connectivity index (χ1n) is 6.93. The molecule has 3 nitrogen and oxygen atoms in total. The van der Waals surface area contributed by atoms with Gasteiger partial charge in [0.2, 0.25) is 0 Å². The third-order valence-electron chi connectivity index (χ3n) is 3.45. The van der Waals surface area contributed by atoms with Crippen LogP contribution in [0.5, 0.6) is 0 Å². The molecule has 0 saturated heterocycles. The summed E-state index contributed by atoms with van der Waals surface area (Å²) in [5.41, 5.74) is -7.15. The lowest BCUT2D eigenvalue weighted by molar-refractivity contribution is -0.149. The average molecular weight is 396 g/mol. The molecule has 0 aromatic heterocycles. The predicted octanol–water partition coefficient (Wildman–Crippen LogP) is 5.36. The van der Waals surface area contributed by atoms with Crippen LogP contribution in [0, 0.1) is 5.82 Å². The summed E-state index contributed by atoms with van der Waals surface area (Å²) in [6.07, 6.45) is -11.3. The summed E-state index contributed by atoms with van der Waals surface area (Å²) in [6.45, 7) is 4.27. The summed E-state index contributed by atoms with van der Waals surface area (Å²) in [6, 6.07) is 0. The zero-order chi connectivity index (χ0) is 20.1. The first kappa shape index (κ1) is 21.7. The van der Waals surface area contributed by atoms with Crippen LogP contribution in [0.1, 0.15) is 61.8 Å². The number of hydrogen-bond acceptors (Lipinski definition) is 2. The second-order valence-corrected chi connectivity index (χ2v) is 7.36. The van der Waals surface area contributed by atoms with Gasteiger partial charge in [-0.15, -0.1) is 0 Å². The monoisotopic (exact) mass is 396 g/mol. The summed E-state index contributed by atoms with van der Waals surface area (Å²) >= 11 is 0. The molecule has 0 amide bonds. The molecule has 25 heavy (non-hydrogen) atoms. The van der Waals surface area contributed by atoms with E-state index >= 15 is 0 Å². The molecule has 0 heterocycles. The van der Waals surface area contributed by atoms with E-state index < -0.39 is 67.3 Å². The summed E-state index contributed by atoms with van der Waals surface area (Å²) < 4.78 is 127. The maximum Gasteiger partial charge on any atom is 0.418 e. The van der Waals surface area contributed by atoms with E-state index in [9.17, 15) is 39.2 Å². The molecule has 0 spiro atoms. The van der Waals surface area contributed by atoms with E-state index in [1.54, 1.807) is 0 Å². The summed E-state index contributed by atoms with van der Waals surface area (Å²) in [7, 11) is -5.97. The second kappa shape index (κ2) is 6.42. The van der Waals surface area contributed by atoms with Gasteiger partial charge in [-0.25, -0.2) is 4.39 Å². The fourth-order valence-electron chi connectivity index (χ4n) is 2.64. The largest absolute Gasteiger partial charge is 0.418 e. The molecule has 0 saturated carbocycles. The van der Waals surface area contributed by atoms with Gasteiger partial charge >= 0.3 is 12.4 Å². The van der Waals surface area contributed by atoms with Crippen LogP contribution >= 0.6 is 0 Å². The molecule has 1 aromatic carbocycles. The van der Waals surface area contributed by atoms with Crippen molar-refractivity contribution in [3.63, 3.8) is 0 Å². The summed E-state index contributed by atoms with van der Waals surface area (Å²) in [4.78, 5) is -2.36. The fourth-order valence-corrected chi connectivity index (χ4v) is 3.61. The van der Waals surface area contributed by atoms with E-state index in [4.69, 9.17) is 4.55 Å². The van der Waals surface area contributed by atoms with E-state index in [1.165, 1.54) is 0 Å². The Morgan fingerprint density at radius 1 is 0.800 bits per heavy atom. The Kier molecular flexibility index (Phi) is 5.57. The SMILES string of the molecule is CC(C)c1c(F)c(C(C)C)c(C(F)(F)F)c(S(=O)(=O)O)c1C(F)(F)F. The maximum absolute atomic E-state index is 14.6. The zero-order valence-corrected chi connectivity index (χ0v) is 14.3. The third-order valence-corrected chi connectivity index (χ3v) is 4.37. The average Bonchev–Trinajstić information content (AvgIpc) is 2.32. The maximum atomic E-state index is 14.6. The topological polar surface area (TPSA) is 54.4 Å². The summed E-state index contributed by atoms with van der Waals surface area (Å²) in [5.74, 6) is -4.37. The first-order chi connectivity index (χ1) is 10.9. The number of alkyl halides is 6. The molecule has 0 atom stereocenters. The van der Waals surface area contributed by atoms with Gasteiger partial charge in [0, 0.05) is 11.1 Å². The minimum Gasteiger partial charge on any atom is -0.282 e. The van der Waals surface area contributed by atoms with E-state index in [0.717, 1.165) is 27.7 Å². The molecular formula is C14H15F7O3S. The Bertz CT molecular complexity index is 728. The normalized spacial score (nSPS) is 13.8. The van der Waals surface area contributed by atoms with E-state index in [1.807, 2.05) is 0 Å². The molecule has 0 bridgehead atoms. The van der Waals surface area contributed by atoms with Crippen LogP contribution < -0.4 is 0 Å². The minimum absolute atomic E-state index is 1.07. The highest BCUT2D eigenvalue weighted by molar-refractivity contribution is 7.86. The lowest BCUT2D eigenvalue weighted by Gasteiger charge is -2.27.